The Labute approximate surface area is 198 Å². The highest BCUT2D eigenvalue weighted by Gasteiger charge is 2.83. The van der Waals surface area contributed by atoms with Crippen molar-refractivity contribution in [2.75, 3.05) is 7.11 Å². The Morgan fingerprint density at radius 2 is 2.06 bits per heavy atom. The average Bonchev–Trinajstić information content (AvgIpc) is 3.24. The Bertz CT molecular complexity index is 1130. The lowest BCUT2D eigenvalue weighted by molar-refractivity contribution is -0.160. The molecule has 34 heavy (non-hydrogen) atoms. The average molecular weight is 466 g/mol. The second kappa shape index (κ2) is 6.73. The van der Waals surface area contributed by atoms with E-state index in [2.05, 4.69) is 11.9 Å². The van der Waals surface area contributed by atoms with Crippen LogP contribution in [0, 0.1) is 28.6 Å². The van der Waals surface area contributed by atoms with Crippen LogP contribution < -0.4 is 10.1 Å². The summed E-state index contributed by atoms with van der Waals surface area (Å²) >= 11 is 0. The fraction of sp³-hybridized carbons (Fsp3) is 0.556. The second-order valence-electron chi connectivity index (χ2n) is 11.2. The van der Waals surface area contributed by atoms with Gasteiger partial charge in [0.15, 0.2) is 0 Å². The molecule has 6 rings (SSSR count). The maximum atomic E-state index is 14.0. The van der Waals surface area contributed by atoms with E-state index in [9.17, 15) is 19.8 Å². The first-order chi connectivity index (χ1) is 16.1. The number of fused-ring (bicyclic) bond motifs is 1. The second-order valence-corrected chi connectivity index (χ2v) is 11.2. The van der Waals surface area contributed by atoms with Crippen molar-refractivity contribution in [2.24, 2.45) is 28.6 Å². The highest BCUT2D eigenvalue weighted by atomic mass is 16.6. The van der Waals surface area contributed by atoms with Crippen LogP contribution in [-0.4, -0.2) is 46.5 Å². The molecule has 180 valence electrons. The van der Waals surface area contributed by atoms with E-state index in [4.69, 9.17) is 9.47 Å². The lowest BCUT2D eigenvalue weighted by Gasteiger charge is -2.44. The molecule has 7 nitrogen and oxygen atoms in total. The maximum Gasteiger partial charge on any atom is 0.316 e. The van der Waals surface area contributed by atoms with Crippen molar-refractivity contribution in [3.05, 3.63) is 54.1 Å². The summed E-state index contributed by atoms with van der Waals surface area (Å²) in [6.45, 7) is 6.24. The molecule has 4 fully saturated rings. The van der Waals surface area contributed by atoms with Gasteiger partial charge in [0.1, 0.15) is 16.8 Å². The molecule has 0 unspecified atom stereocenters. The van der Waals surface area contributed by atoms with Gasteiger partial charge in [-0.2, -0.15) is 0 Å². The first-order valence-electron chi connectivity index (χ1n) is 12.0. The topological polar surface area (TPSA) is 105 Å². The number of nitrogens with one attached hydrogen (secondary N) is 1. The number of aliphatic hydroxyl groups excluding tert-OH is 1. The minimum absolute atomic E-state index is 0.115. The Morgan fingerprint density at radius 1 is 1.32 bits per heavy atom. The van der Waals surface area contributed by atoms with Crippen molar-refractivity contribution in [1.29, 1.82) is 0 Å². The molecule has 7 heteroatoms. The summed E-state index contributed by atoms with van der Waals surface area (Å²) in [4.78, 5) is 27.2. The molecule has 4 bridgehead atoms. The van der Waals surface area contributed by atoms with Crippen molar-refractivity contribution < 1.29 is 29.3 Å². The van der Waals surface area contributed by atoms with Crippen LogP contribution in [0.1, 0.15) is 38.2 Å². The summed E-state index contributed by atoms with van der Waals surface area (Å²) in [5.41, 5.74) is -2.05. The number of ether oxygens (including phenoxy) is 2. The van der Waals surface area contributed by atoms with Crippen molar-refractivity contribution >= 4 is 11.9 Å². The van der Waals surface area contributed by atoms with Gasteiger partial charge < -0.3 is 25.0 Å². The molecular weight excluding hydrogens is 434 g/mol. The third kappa shape index (κ3) is 2.44. The zero-order valence-electron chi connectivity index (χ0n) is 19.5. The van der Waals surface area contributed by atoms with E-state index < -0.39 is 45.9 Å². The van der Waals surface area contributed by atoms with Crippen LogP contribution in [0.2, 0.25) is 0 Å². The normalized spacial score (nSPS) is 45.5. The van der Waals surface area contributed by atoms with Crippen LogP contribution in [-0.2, 0) is 20.9 Å². The van der Waals surface area contributed by atoms with Crippen molar-refractivity contribution in [1.82, 2.24) is 5.32 Å². The number of benzene rings is 1. The zero-order chi connectivity index (χ0) is 24.1. The lowest BCUT2D eigenvalue weighted by Crippen LogP contribution is -2.52. The predicted octanol–water partition coefficient (Wildman–Crippen LogP) is 2.27. The number of aliphatic hydroxyl groups is 2. The highest BCUT2D eigenvalue weighted by Crippen LogP contribution is 2.77. The van der Waals surface area contributed by atoms with Crippen molar-refractivity contribution in [2.45, 2.75) is 56.5 Å². The van der Waals surface area contributed by atoms with Crippen LogP contribution in [0.3, 0.4) is 0 Å². The van der Waals surface area contributed by atoms with Gasteiger partial charge in [0.25, 0.3) is 0 Å². The summed E-state index contributed by atoms with van der Waals surface area (Å²) in [6, 6.07) is 7.49. The molecule has 0 radical (unpaired) electrons. The number of carbonyl (C=O) groups excluding carboxylic acids is 2. The molecule has 8 atom stereocenters. The van der Waals surface area contributed by atoms with E-state index in [0.29, 0.717) is 32.2 Å². The van der Waals surface area contributed by atoms with Crippen LogP contribution in [0.4, 0.5) is 0 Å². The van der Waals surface area contributed by atoms with Gasteiger partial charge in [-0.05, 0) is 67.4 Å². The molecule has 1 spiro atoms. The van der Waals surface area contributed by atoms with Gasteiger partial charge in [-0.25, -0.2) is 0 Å². The van der Waals surface area contributed by atoms with Crippen LogP contribution in [0.5, 0.6) is 5.75 Å². The number of esters is 1. The van der Waals surface area contributed by atoms with Gasteiger partial charge in [-0.3, -0.25) is 9.59 Å². The third-order valence-corrected chi connectivity index (χ3v) is 9.76. The highest BCUT2D eigenvalue weighted by molar-refractivity contribution is 5.88. The summed E-state index contributed by atoms with van der Waals surface area (Å²) in [6.07, 6.45) is 4.60. The van der Waals surface area contributed by atoms with Crippen LogP contribution in [0.15, 0.2) is 48.6 Å². The Kier molecular flexibility index (Phi) is 4.33. The minimum atomic E-state index is -1.22. The van der Waals surface area contributed by atoms with Gasteiger partial charge in [-0.1, -0.05) is 24.8 Å². The van der Waals surface area contributed by atoms with Crippen LogP contribution in [0.25, 0.3) is 0 Å². The monoisotopic (exact) mass is 465 g/mol. The van der Waals surface area contributed by atoms with Gasteiger partial charge in [0.05, 0.1) is 24.7 Å². The van der Waals surface area contributed by atoms with E-state index in [1.807, 2.05) is 30.3 Å². The summed E-state index contributed by atoms with van der Waals surface area (Å²) in [5.74, 6) is -1.10. The van der Waals surface area contributed by atoms with Gasteiger partial charge in [-0.15, -0.1) is 0 Å². The van der Waals surface area contributed by atoms with E-state index in [1.54, 1.807) is 20.1 Å². The predicted molar refractivity (Wildman–Crippen MR) is 122 cm³/mol. The van der Waals surface area contributed by atoms with Crippen molar-refractivity contribution in [3.8, 4) is 5.75 Å². The number of carbonyl (C=O) groups is 2. The first kappa shape index (κ1) is 21.9. The summed E-state index contributed by atoms with van der Waals surface area (Å²) < 4.78 is 11.3. The van der Waals surface area contributed by atoms with Crippen LogP contribution >= 0.6 is 0 Å². The molecule has 0 aromatic heterocycles. The quantitative estimate of drug-likeness (QED) is 0.466. The van der Waals surface area contributed by atoms with E-state index in [1.165, 1.54) is 0 Å². The molecule has 1 heterocycles. The lowest BCUT2D eigenvalue weighted by atomic mass is 9.60. The number of hydrogen-bond donors (Lipinski definition) is 3. The summed E-state index contributed by atoms with van der Waals surface area (Å²) in [5, 5.41) is 25.4. The smallest absolute Gasteiger partial charge is 0.316 e. The largest absolute Gasteiger partial charge is 0.497 e. The number of amides is 1. The molecule has 1 saturated heterocycles. The fourth-order valence-corrected chi connectivity index (χ4v) is 8.20. The number of hydrogen-bond acceptors (Lipinski definition) is 6. The minimum Gasteiger partial charge on any atom is -0.497 e. The number of methoxy groups -OCH3 is 1. The standard InChI is InChI=1S/C27H31NO6/c1-15-12-25-14-26(15,32)10-8-18(25)27-11-9-19(29)24(2,23(31)34-27)21(27)20(25)22(30)28-13-16-4-6-17(33-3)7-5-16/h4-7,9,11,18-21,29,32H,1,8,10,12-14H2,2-3H3,(H,28,30)/t18-,19+,20-,21-,24+,25+,26+,27-/m1/s1. The van der Waals surface area contributed by atoms with Gasteiger partial charge in [0, 0.05) is 18.4 Å². The molecule has 1 aromatic rings. The van der Waals surface area contributed by atoms with E-state index >= 15 is 0 Å². The SMILES string of the molecule is C=C1C[C@]23C[C@@]1(O)CC[C@H]2[C@@]12C=C[C@H](O)[C@](C)(C(=O)O1)[C@H]2[C@@H]3C(=O)NCc1ccc(OC)cc1. The molecular formula is C27H31NO6. The summed E-state index contributed by atoms with van der Waals surface area (Å²) in [7, 11) is 1.61. The fourth-order valence-electron chi connectivity index (χ4n) is 8.20. The first-order valence-corrected chi connectivity index (χ1v) is 12.0. The van der Waals surface area contributed by atoms with E-state index in [-0.39, 0.29) is 11.8 Å². The Morgan fingerprint density at radius 3 is 2.76 bits per heavy atom. The number of rotatable bonds is 4. The molecule has 5 aliphatic rings. The molecule has 1 aromatic carbocycles. The van der Waals surface area contributed by atoms with Gasteiger partial charge in [0.2, 0.25) is 5.91 Å². The Balaban J connectivity index is 1.41. The molecule has 1 aliphatic heterocycles. The molecule has 1 amide bonds. The van der Waals surface area contributed by atoms with Gasteiger partial charge >= 0.3 is 5.97 Å². The van der Waals surface area contributed by atoms with E-state index in [0.717, 1.165) is 16.9 Å². The molecule has 3 N–H and O–H groups in total. The maximum absolute atomic E-state index is 14.0. The Hall–Kier alpha value is -2.64. The molecule has 4 aliphatic carbocycles. The zero-order valence-corrected chi connectivity index (χ0v) is 19.5. The third-order valence-electron chi connectivity index (χ3n) is 9.76. The van der Waals surface area contributed by atoms with Crippen molar-refractivity contribution in [3.63, 3.8) is 0 Å². The molecule has 3 saturated carbocycles.